The zero-order valence-electron chi connectivity index (χ0n) is 7.37. The third-order valence-electron chi connectivity index (χ3n) is 1.40. The predicted molar refractivity (Wildman–Crippen MR) is 46.9 cm³/mol. The lowest BCUT2D eigenvalue weighted by Gasteiger charge is -2.02. The van der Waals surface area contributed by atoms with E-state index in [4.69, 9.17) is 4.74 Å². The molecule has 1 rings (SSSR count). The first-order valence-corrected chi connectivity index (χ1v) is 3.94. The van der Waals surface area contributed by atoms with Crippen LogP contribution in [0.15, 0.2) is 12.3 Å². The summed E-state index contributed by atoms with van der Waals surface area (Å²) >= 11 is 0. The third kappa shape index (κ3) is 2.47. The van der Waals surface area contributed by atoms with Gasteiger partial charge in [-0.25, -0.2) is 9.97 Å². The van der Waals surface area contributed by atoms with Gasteiger partial charge in [-0.15, -0.1) is 0 Å². The average molecular weight is 167 g/mol. The molecular formula is C8H13N3O. The van der Waals surface area contributed by atoms with E-state index in [0.717, 1.165) is 5.82 Å². The van der Waals surface area contributed by atoms with Gasteiger partial charge in [-0.1, -0.05) is 0 Å². The van der Waals surface area contributed by atoms with E-state index in [9.17, 15) is 0 Å². The van der Waals surface area contributed by atoms with Crippen molar-refractivity contribution in [3.05, 3.63) is 18.1 Å². The molecule has 0 saturated carbocycles. The molecule has 1 aromatic heterocycles. The number of hydrogen-bond acceptors (Lipinski definition) is 4. The van der Waals surface area contributed by atoms with Gasteiger partial charge in [-0.3, -0.25) is 0 Å². The summed E-state index contributed by atoms with van der Waals surface area (Å²) in [6.07, 6.45) is 1.72. The highest BCUT2D eigenvalue weighted by Gasteiger charge is 1.96. The van der Waals surface area contributed by atoms with Crippen LogP contribution < -0.4 is 5.32 Å². The third-order valence-corrected chi connectivity index (χ3v) is 1.40. The minimum atomic E-state index is 0.478. The molecule has 12 heavy (non-hydrogen) atoms. The van der Waals surface area contributed by atoms with Crippen LogP contribution in [-0.4, -0.2) is 23.6 Å². The highest BCUT2D eigenvalue weighted by Crippen LogP contribution is 2.00. The van der Waals surface area contributed by atoms with E-state index in [2.05, 4.69) is 15.3 Å². The van der Waals surface area contributed by atoms with Crippen LogP contribution in [0, 0.1) is 0 Å². The molecule has 66 valence electrons. The van der Waals surface area contributed by atoms with Crippen molar-refractivity contribution in [1.82, 2.24) is 9.97 Å². The molecule has 0 atom stereocenters. The normalized spacial score (nSPS) is 9.83. The van der Waals surface area contributed by atoms with Crippen LogP contribution in [0.25, 0.3) is 0 Å². The second-order valence-corrected chi connectivity index (χ2v) is 2.25. The Balaban J connectivity index is 2.60. The van der Waals surface area contributed by atoms with Gasteiger partial charge in [0.05, 0.1) is 0 Å². The van der Waals surface area contributed by atoms with Gasteiger partial charge in [0.25, 0.3) is 0 Å². The van der Waals surface area contributed by atoms with Gasteiger partial charge in [-0.2, -0.15) is 0 Å². The fourth-order valence-electron chi connectivity index (χ4n) is 0.801. The first kappa shape index (κ1) is 8.93. The van der Waals surface area contributed by atoms with Gasteiger partial charge in [0, 0.05) is 19.9 Å². The lowest BCUT2D eigenvalue weighted by molar-refractivity contribution is 0.128. The van der Waals surface area contributed by atoms with Crippen molar-refractivity contribution >= 4 is 5.82 Å². The molecule has 4 heteroatoms. The molecule has 0 aliphatic heterocycles. The molecule has 0 unspecified atom stereocenters. The molecule has 0 radical (unpaired) electrons. The van der Waals surface area contributed by atoms with Gasteiger partial charge in [-0.05, 0) is 13.0 Å². The highest BCUT2D eigenvalue weighted by molar-refractivity contribution is 5.31. The van der Waals surface area contributed by atoms with Crippen molar-refractivity contribution in [2.75, 3.05) is 19.0 Å². The summed E-state index contributed by atoms with van der Waals surface area (Å²) in [6, 6.07) is 1.81. The van der Waals surface area contributed by atoms with Crippen molar-refractivity contribution in [3.63, 3.8) is 0 Å². The minimum absolute atomic E-state index is 0.478. The smallest absolute Gasteiger partial charge is 0.156 e. The van der Waals surface area contributed by atoms with Crippen LogP contribution >= 0.6 is 0 Å². The highest BCUT2D eigenvalue weighted by atomic mass is 16.5. The van der Waals surface area contributed by atoms with Gasteiger partial charge in [0.1, 0.15) is 12.4 Å². The Bertz CT molecular complexity index is 239. The summed E-state index contributed by atoms with van der Waals surface area (Å²) in [7, 11) is 1.83. The standard InChI is InChI=1S/C8H13N3O/c1-3-12-6-8-10-5-4-7(9-2)11-8/h4-5H,3,6H2,1-2H3,(H,9,10,11). The van der Waals surface area contributed by atoms with E-state index < -0.39 is 0 Å². The average Bonchev–Trinajstić information content (AvgIpc) is 2.15. The van der Waals surface area contributed by atoms with Gasteiger partial charge in [0.2, 0.25) is 0 Å². The van der Waals surface area contributed by atoms with Gasteiger partial charge >= 0.3 is 0 Å². The monoisotopic (exact) mass is 167 g/mol. The molecular weight excluding hydrogens is 154 g/mol. The number of nitrogens with one attached hydrogen (secondary N) is 1. The summed E-state index contributed by atoms with van der Waals surface area (Å²) in [6.45, 7) is 3.11. The molecule has 0 aliphatic carbocycles. The predicted octanol–water partition coefficient (Wildman–Crippen LogP) is 1.05. The Hall–Kier alpha value is -1.16. The quantitative estimate of drug-likeness (QED) is 0.728. The van der Waals surface area contributed by atoms with Crippen LogP contribution in [0.3, 0.4) is 0 Å². The number of aromatic nitrogens is 2. The fraction of sp³-hybridized carbons (Fsp3) is 0.500. The second-order valence-electron chi connectivity index (χ2n) is 2.25. The summed E-state index contributed by atoms with van der Waals surface area (Å²) in [4.78, 5) is 8.23. The largest absolute Gasteiger partial charge is 0.374 e. The molecule has 0 aromatic carbocycles. The molecule has 1 N–H and O–H groups in total. The minimum Gasteiger partial charge on any atom is -0.374 e. The first-order valence-electron chi connectivity index (χ1n) is 3.94. The number of rotatable bonds is 4. The molecule has 0 saturated heterocycles. The van der Waals surface area contributed by atoms with Gasteiger partial charge < -0.3 is 10.1 Å². The summed E-state index contributed by atoms with van der Waals surface area (Å²) in [5, 5.41) is 2.94. The Morgan fingerprint density at radius 3 is 3.08 bits per heavy atom. The van der Waals surface area contributed by atoms with Crippen LogP contribution in [0.4, 0.5) is 5.82 Å². The molecule has 0 fully saturated rings. The molecule has 0 bridgehead atoms. The van der Waals surface area contributed by atoms with E-state index in [1.165, 1.54) is 0 Å². The fourth-order valence-corrected chi connectivity index (χ4v) is 0.801. The molecule has 1 aromatic rings. The zero-order chi connectivity index (χ0) is 8.81. The molecule has 1 heterocycles. The van der Waals surface area contributed by atoms with Crippen molar-refractivity contribution in [1.29, 1.82) is 0 Å². The molecule has 0 spiro atoms. The Morgan fingerprint density at radius 2 is 2.42 bits per heavy atom. The van der Waals surface area contributed by atoms with Crippen molar-refractivity contribution < 1.29 is 4.74 Å². The number of anilines is 1. The summed E-state index contributed by atoms with van der Waals surface area (Å²) < 4.78 is 5.17. The van der Waals surface area contributed by atoms with E-state index in [-0.39, 0.29) is 0 Å². The van der Waals surface area contributed by atoms with E-state index >= 15 is 0 Å². The van der Waals surface area contributed by atoms with E-state index in [0.29, 0.717) is 19.0 Å². The van der Waals surface area contributed by atoms with Crippen LogP contribution in [-0.2, 0) is 11.3 Å². The van der Waals surface area contributed by atoms with Crippen LogP contribution in [0.5, 0.6) is 0 Å². The van der Waals surface area contributed by atoms with Crippen LogP contribution in [0.2, 0.25) is 0 Å². The number of hydrogen-bond donors (Lipinski definition) is 1. The topological polar surface area (TPSA) is 47.0 Å². The van der Waals surface area contributed by atoms with E-state index in [1.807, 2.05) is 20.0 Å². The Morgan fingerprint density at radius 1 is 1.58 bits per heavy atom. The number of ether oxygens (including phenoxy) is 1. The maximum atomic E-state index is 5.17. The number of nitrogens with zero attached hydrogens (tertiary/aromatic N) is 2. The van der Waals surface area contributed by atoms with Crippen molar-refractivity contribution in [3.8, 4) is 0 Å². The molecule has 0 amide bonds. The first-order chi connectivity index (χ1) is 5.86. The van der Waals surface area contributed by atoms with E-state index in [1.54, 1.807) is 6.20 Å². The summed E-state index contributed by atoms with van der Waals surface area (Å²) in [5.74, 6) is 1.53. The molecule has 4 nitrogen and oxygen atoms in total. The molecule has 0 aliphatic rings. The SMILES string of the molecule is CCOCc1nccc(NC)n1. The van der Waals surface area contributed by atoms with Crippen molar-refractivity contribution in [2.24, 2.45) is 0 Å². The van der Waals surface area contributed by atoms with Gasteiger partial charge in [0.15, 0.2) is 5.82 Å². The van der Waals surface area contributed by atoms with Crippen molar-refractivity contribution in [2.45, 2.75) is 13.5 Å². The summed E-state index contributed by atoms with van der Waals surface area (Å²) in [5.41, 5.74) is 0. The van der Waals surface area contributed by atoms with Crippen LogP contribution in [0.1, 0.15) is 12.7 Å². The Labute approximate surface area is 72.0 Å². The second kappa shape index (κ2) is 4.66. The lowest BCUT2D eigenvalue weighted by atomic mass is 10.5. The maximum absolute atomic E-state index is 5.17. The lowest BCUT2D eigenvalue weighted by Crippen LogP contribution is -2.01. The Kier molecular flexibility index (Phi) is 3.47. The maximum Gasteiger partial charge on any atom is 0.156 e. The zero-order valence-corrected chi connectivity index (χ0v) is 7.37.